The number of methoxy groups -OCH3 is 1. The highest BCUT2D eigenvalue weighted by atomic mass is 19.4. The molecule has 4 aromatic carbocycles. The van der Waals surface area contributed by atoms with Crippen LogP contribution in [-0.4, -0.2) is 99.6 Å². The van der Waals surface area contributed by atoms with Gasteiger partial charge in [0.2, 0.25) is 23.1 Å². The summed E-state index contributed by atoms with van der Waals surface area (Å²) < 4.78 is 77.1. The van der Waals surface area contributed by atoms with Crippen LogP contribution in [0.5, 0.6) is 28.9 Å². The van der Waals surface area contributed by atoms with E-state index in [2.05, 4.69) is 30.7 Å². The Morgan fingerprint density at radius 2 is 1.67 bits per heavy atom. The molecule has 3 aliphatic heterocycles. The maximum Gasteiger partial charge on any atom is 0.573 e. The van der Waals surface area contributed by atoms with E-state index >= 15 is 4.39 Å². The van der Waals surface area contributed by atoms with E-state index in [1.54, 1.807) is 17.0 Å². The summed E-state index contributed by atoms with van der Waals surface area (Å²) in [4.78, 5) is 89.0. The number of rotatable bonds is 14. The number of hydrogen-bond donors (Lipinski definition) is 3. The van der Waals surface area contributed by atoms with Crippen LogP contribution >= 0.6 is 0 Å². The average Bonchev–Trinajstić information content (AvgIpc) is 3.67. The molecule has 0 radical (unpaired) electrons. The fourth-order valence-corrected chi connectivity index (χ4v) is 9.26. The molecule has 0 saturated carbocycles. The highest BCUT2D eigenvalue weighted by Crippen LogP contribution is 2.38. The smallest absolute Gasteiger partial charge is 0.493 e. The van der Waals surface area contributed by atoms with E-state index in [1.807, 2.05) is 12.1 Å². The van der Waals surface area contributed by atoms with Crippen molar-refractivity contribution in [3.05, 3.63) is 111 Å². The molecule has 72 heavy (non-hydrogen) atoms. The third-order valence-corrected chi connectivity index (χ3v) is 13.1. The molecule has 2 aromatic heterocycles. The van der Waals surface area contributed by atoms with Gasteiger partial charge in [-0.15, -0.1) is 13.2 Å². The number of anilines is 2. The number of benzene rings is 4. The molecule has 22 heteroatoms. The maximum atomic E-state index is 15.6. The lowest BCUT2D eigenvalue weighted by Crippen LogP contribution is -2.52. The van der Waals surface area contributed by atoms with Gasteiger partial charge >= 0.3 is 6.36 Å². The molecule has 3 aliphatic rings. The molecule has 5 amide bonds. The summed E-state index contributed by atoms with van der Waals surface area (Å²) in [6.07, 6.45) is -0.850. The second kappa shape index (κ2) is 19.8. The van der Waals surface area contributed by atoms with Crippen LogP contribution in [0.4, 0.5) is 28.9 Å². The number of amides is 5. The number of aromatic nitrogens is 3. The Bertz CT molecular complexity index is 3250. The van der Waals surface area contributed by atoms with E-state index in [9.17, 15) is 41.9 Å². The molecule has 2 saturated heterocycles. The van der Waals surface area contributed by atoms with Gasteiger partial charge in [-0.25, -0.2) is 14.4 Å². The number of alkyl halides is 3. The molecule has 0 bridgehead atoms. The van der Waals surface area contributed by atoms with Crippen LogP contribution in [0, 0.1) is 18.7 Å². The van der Waals surface area contributed by atoms with Crippen molar-refractivity contribution < 1.29 is 60.5 Å². The minimum absolute atomic E-state index is 0.0547. The number of ether oxygens (including phenoxy) is 4. The SMILES string of the molecule is COc1cc2c(Oc3ccc(NC(=O)c4c(C)n(C)c5ccc(OC(F)(F)F)cc5c4=O)cc3F)ncnc2cc1OCC(=O)N1CCC(CCNc2ccc3c(c2)CN(C2CCC(=O)NC2=O)C3=O)CC1. The summed E-state index contributed by atoms with van der Waals surface area (Å²) in [5.41, 5.74) is 1.75. The van der Waals surface area contributed by atoms with Crippen molar-refractivity contribution in [3.63, 3.8) is 0 Å². The summed E-state index contributed by atoms with van der Waals surface area (Å²) in [5, 5.41) is 8.35. The first-order chi connectivity index (χ1) is 34.4. The van der Waals surface area contributed by atoms with Gasteiger partial charge in [0.15, 0.2) is 29.7 Å². The number of imide groups is 1. The van der Waals surface area contributed by atoms with Gasteiger partial charge in [0, 0.05) is 74.4 Å². The fraction of sp³-hybridized carbons (Fsp3) is 0.320. The molecular weight excluding hydrogens is 949 g/mol. The van der Waals surface area contributed by atoms with Crippen molar-refractivity contribution in [2.24, 2.45) is 13.0 Å². The number of piperidine rings is 2. The summed E-state index contributed by atoms with van der Waals surface area (Å²) >= 11 is 0. The largest absolute Gasteiger partial charge is 0.573 e. The van der Waals surface area contributed by atoms with Crippen LogP contribution in [-0.2, 0) is 28.0 Å². The standard InChI is InChI=1S/C50H46F4N8O10/c1-26-44(45(65)34-20-31(72-50(52,53)54)6-8-37(34)60(26)2)47(67)58-30-5-10-39(35(51)19-30)71-48-33-21-40(69-3)41(22-36(33)56-25-57-48)70-24-43(64)61-16-13-27(14-17-61)12-15-55-29-4-7-32-28(18-29)23-62(49(32)68)38-9-11-42(63)59-46(38)66/h4-8,10,18-22,25,27,38,55H,9,11-17,23-24H2,1-3H3,(H,58,67)(H,59,63,66). The lowest BCUT2D eigenvalue weighted by atomic mass is 9.93. The van der Waals surface area contributed by atoms with Crippen LogP contribution in [0.15, 0.2) is 77.9 Å². The van der Waals surface area contributed by atoms with Gasteiger partial charge in [-0.3, -0.25) is 34.1 Å². The van der Waals surface area contributed by atoms with Gasteiger partial charge in [0.25, 0.3) is 17.7 Å². The molecule has 1 unspecified atom stereocenters. The molecule has 0 spiro atoms. The molecular formula is C50H46F4N8O10. The number of hydrogen-bond acceptors (Lipinski definition) is 13. The fourth-order valence-electron chi connectivity index (χ4n) is 9.26. The summed E-state index contributed by atoms with van der Waals surface area (Å²) in [6, 6.07) is 14.7. The maximum absolute atomic E-state index is 15.6. The Labute approximate surface area is 407 Å². The first-order valence-electron chi connectivity index (χ1n) is 22.9. The van der Waals surface area contributed by atoms with Gasteiger partial charge in [0.05, 0.1) is 28.9 Å². The third-order valence-electron chi connectivity index (χ3n) is 13.1. The van der Waals surface area contributed by atoms with Crippen molar-refractivity contribution >= 4 is 62.7 Å². The Morgan fingerprint density at radius 1 is 0.889 bits per heavy atom. The lowest BCUT2D eigenvalue weighted by Gasteiger charge is -2.32. The first kappa shape index (κ1) is 48.7. The minimum Gasteiger partial charge on any atom is -0.493 e. The molecule has 0 aliphatic carbocycles. The number of aryl methyl sites for hydroxylation is 1. The zero-order valence-corrected chi connectivity index (χ0v) is 39.0. The molecule has 374 valence electrons. The predicted molar refractivity (Wildman–Crippen MR) is 252 cm³/mol. The number of likely N-dealkylation sites (tertiary alicyclic amines) is 1. The van der Waals surface area contributed by atoms with Gasteiger partial charge in [-0.1, -0.05) is 0 Å². The lowest BCUT2D eigenvalue weighted by molar-refractivity contribution is -0.274. The van der Waals surface area contributed by atoms with E-state index in [0.717, 1.165) is 48.7 Å². The Morgan fingerprint density at radius 3 is 2.40 bits per heavy atom. The highest BCUT2D eigenvalue weighted by Gasteiger charge is 2.39. The topological polar surface area (TPSA) is 213 Å². The van der Waals surface area contributed by atoms with Crippen LogP contribution in [0.25, 0.3) is 21.8 Å². The van der Waals surface area contributed by atoms with Gasteiger partial charge in [-0.2, -0.15) is 0 Å². The zero-order valence-electron chi connectivity index (χ0n) is 39.0. The van der Waals surface area contributed by atoms with Gasteiger partial charge in [-0.05, 0) is 98.7 Å². The summed E-state index contributed by atoms with van der Waals surface area (Å²) in [5.74, 6) is -3.21. The van der Waals surface area contributed by atoms with Crippen molar-refractivity contribution in [1.82, 2.24) is 29.7 Å². The van der Waals surface area contributed by atoms with E-state index < -0.39 is 41.2 Å². The summed E-state index contributed by atoms with van der Waals surface area (Å²) in [6.45, 7) is 3.30. The zero-order chi connectivity index (χ0) is 51.0. The molecule has 2 fully saturated rings. The van der Waals surface area contributed by atoms with Crippen molar-refractivity contribution in [1.29, 1.82) is 0 Å². The number of fused-ring (bicyclic) bond motifs is 3. The molecule has 9 rings (SSSR count). The average molecular weight is 995 g/mol. The first-order valence-corrected chi connectivity index (χ1v) is 22.9. The highest BCUT2D eigenvalue weighted by molar-refractivity contribution is 6.07. The normalized spacial score (nSPS) is 16.2. The Kier molecular flexibility index (Phi) is 13.4. The van der Waals surface area contributed by atoms with Crippen molar-refractivity contribution in [3.8, 4) is 28.9 Å². The number of pyridine rings is 1. The van der Waals surface area contributed by atoms with Crippen LogP contribution in [0.3, 0.4) is 0 Å². The van der Waals surface area contributed by atoms with E-state index in [4.69, 9.17) is 14.2 Å². The number of carbonyl (C=O) groups excluding carboxylic acids is 5. The molecule has 18 nitrogen and oxygen atoms in total. The number of halogens is 4. The molecule has 1 atom stereocenters. The second-order valence-electron chi connectivity index (χ2n) is 17.6. The molecule has 3 N–H and O–H groups in total. The van der Waals surface area contributed by atoms with E-state index in [-0.39, 0.29) is 81.7 Å². The third kappa shape index (κ3) is 10.1. The van der Waals surface area contributed by atoms with Crippen LogP contribution in [0.2, 0.25) is 0 Å². The van der Waals surface area contributed by atoms with E-state index in [0.29, 0.717) is 55.0 Å². The number of carbonyl (C=O) groups is 5. The monoisotopic (exact) mass is 994 g/mol. The van der Waals surface area contributed by atoms with Crippen molar-refractivity contribution in [2.45, 2.75) is 58.0 Å². The van der Waals surface area contributed by atoms with Gasteiger partial charge < -0.3 is 43.9 Å². The second-order valence-corrected chi connectivity index (χ2v) is 17.6. The van der Waals surface area contributed by atoms with Crippen molar-refractivity contribution in [2.75, 3.05) is 44.0 Å². The van der Waals surface area contributed by atoms with E-state index in [1.165, 1.54) is 61.1 Å². The van der Waals surface area contributed by atoms with Crippen LogP contribution < -0.4 is 40.3 Å². The quantitative estimate of drug-likeness (QED) is 0.0761. The molecule has 5 heterocycles. The number of nitrogens with zero attached hydrogens (tertiary/aromatic N) is 5. The summed E-state index contributed by atoms with van der Waals surface area (Å²) in [7, 11) is 2.94. The van der Waals surface area contributed by atoms with Crippen LogP contribution in [0.1, 0.15) is 64.1 Å². The Balaban J connectivity index is 0.773. The Hall–Kier alpha value is -8.30. The predicted octanol–water partition coefficient (Wildman–Crippen LogP) is 6.76. The molecule has 6 aromatic rings. The van der Waals surface area contributed by atoms with Gasteiger partial charge in [0.1, 0.15) is 23.7 Å². The minimum atomic E-state index is -5.00. The number of nitrogens with one attached hydrogen (secondary N) is 3.